The Balaban J connectivity index is 2.00. The molecule has 0 spiro atoms. The van der Waals surface area contributed by atoms with Crippen molar-refractivity contribution in [3.8, 4) is 0 Å². The number of nitrogens with one attached hydrogen (secondary N) is 1. The first kappa shape index (κ1) is 14.6. The van der Waals surface area contributed by atoms with E-state index in [1.165, 1.54) is 23.8 Å². The van der Waals surface area contributed by atoms with Crippen molar-refractivity contribution in [2.24, 2.45) is 0 Å². The first-order valence-electron chi connectivity index (χ1n) is 6.55. The fourth-order valence-electron chi connectivity index (χ4n) is 2.56. The molecule has 0 aromatic rings. The quantitative estimate of drug-likeness (QED) is 0.403. The molecule has 0 saturated carbocycles. The van der Waals surface area contributed by atoms with Gasteiger partial charge in [0.1, 0.15) is 11.4 Å². The summed E-state index contributed by atoms with van der Waals surface area (Å²) in [5, 5.41) is 12.0. The summed E-state index contributed by atoms with van der Waals surface area (Å²) in [6.07, 6.45) is 3.19. The number of carbonyl (C=O) groups is 2. The van der Waals surface area contributed by atoms with Crippen LogP contribution in [-0.4, -0.2) is 58.4 Å². The molecule has 2 heterocycles. The van der Waals surface area contributed by atoms with E-state index in [-0.39, 0.29) is 11.3 Å². The van der Waals surface area contributed by atoms with Crippen LogP contribution < -0.4 is 5.32 Å². The number of carboxylic acid groups (broad SMARTS) is 1. The molecule has 0 aromatic heterocycles. The van der Waals surface area contributed by atoms with E-state index in [0.29, 0.717) is 12.3 Å². The van der Waals surface area contributed by atoms with Gasteiger partial charge in [-0.15, -0.1) is 11.8 Å². The Morgan fingerprint density at radius 3 is 2.95 bits per heavy atom. The predicted molar refractivity (Wildman–Crippen MR) is 71.8 cm³/mol. The molecule has 0 aliphatic carbocycles. The lowest BCUT2D eigenvalue weighted by Crippen LogP contribution is -2.79. The number of carbonyl (C=O) groups excluding carboxylic acids is 1. The van der Waals surface area contributed by atoms with Crippen molar-refractivity contribution in [2.45, 2.75) is 43.3 Å². The number of β-lactam (4-membered cyclic amide) rings is 1. The summed E-state index contributed by atoms with van der Waals surface area (Å²) in [6.45, 7) is 2.82. The molecular formula is C12H20N2O4S. The largest absolute Gasteiger partial charge is 0.480 e. The van der Waals surface area contributed by atoms with Crippen LogP contribution in [-0.2, 0) is 14.3 Å². The van der Waals surface area contributed by atoms with E-state index in [2.05, 4.69) is 12.2 Å². The Morgan fingerprint density at radius 2 is 2.37 bits per heavy atom. The van der Waals surface area contributed by atoms with Crippen LogP contribution in [0.1, 0.15) is 26.2 Å². The minimum absolute atomic E-state index is 0.229. The molecule has 0 radical (unpaired) electrons. The molecule has 2 aliphatic heterocycles. The van der Waals surface area contributed by atoms with Gasteiger partial charge in [0.2, 0.25) is 5.72 Å². The first-order valence-corrected chi connectivity index (χ1v) is 7.60. The van der Waals surface area contributed by atoms with Crippen molar-refractivity contribution >= 4 is 23.6 Å². The van der Waals surface area contributed by atoms with E-state index >= 15 is 0 Å². The van der Waals surface area contributed by atoms with Gasteiger partial charge in [0, 0.05) is 12.9 Å². The zero-order valence-corrected chi connectivity index (χ0v) is 12.0. The molecule has 0 aromatic carbocycles. The van der Waals surface area contributed by atoms with Gasteiger partial charge in [-0.05, 0) is 13.0 Å². The lowest BCUT2D eigenvalue weighted by molar-refractivity contribution is -0.198. The number of hydrogen-bond acceptors (Lipinski definition) is 5. The highest BCUT2D eigenvalue weighted by atomic mass is 32.2. The second-order valence-corrected chi connectivity index (χ2v) is 5.94. The fraction of sp³-hybridized carbons (Fsp3) is 0.833. The maximum Gasteiger partial charge on any atom is 0.327 e. The third kappa shape index (κ3) is 2.23. The number of methoxy groups -OCH3 is 1. The van der Waals surface area contributed by atoms with Gasteiger partial charge >= 0.3 is 5.97 Å². The van der Waals surface area contributed by atoms with Crippen LogP contribution >= 0.6 is 11.8 Å². The van der Waals surface area contributed by atoms with Crippen molar-refractivity contribution in [2.75, 3.05) is 19.4 Å². The number of hydrogen-bond donors (Lipinski definition) is 2. The monoisotopic (exact) mass is 288 g/mol. The van der Waals surface area contributed by atoms with E-state index in [1.54, 1.807) is 0 Å². The molecule has 2 fully saturated rings. The van der Waals surface area contributed by atoms with Crippen LogP contribution in [0.5, 0.6) is 0 Å². The van der Waals surface area contributed by atoms with Crippen LogP contribution in [0.15, 0.2) is 0 Å². The molecule has 19 heavy (non-hydrogen) atoms. The summed E-state index contributed by atoms with van der Waals surface area (Å²) in [4.78, 5) is 24.7. The highest BCUT2D eigenvalue weighted by Crippen LogP contribution is 2.46. The number of amides is 1. The minimum Gasteiger partial charge on any atom is -0.480 e. The highest BCUT2D eigenvalue weighted by Gasteiger charge is 2.67. The number of fused-ring (bicyclic) bond motifs is 1. The molecule has 6 nitrogen and oxygen atoms in total. The molecule has 1 amide bonds. The number of thioether (sulfide) groups is 1. The maximum atomic E-state index is 12.2. The molecule has 2 saturated heterocycles. The summed E-state index contributed by atoms with van der Waals surface area (Å²) in [7, 11) is 1.50. The number of ether oxygens (including phenoxy) is 1. The molecule has 2 N–H and O–H groups in total. The van der Waals surface area contributed by atoms with Gasteiger partial charge in [0.15, 0.2) is 0 Å². The number of unbranched alkanes of at least 4 members (excludes halogenated alkanes) is 2. The van der Waals surface area contributed by atoms with Crippen LogP contribution in [0, 0.1) is 0 Å². The third-order valence-corrected chi connectivity index (χ3v) is 5.06. The second kappa shape index (κ2) is 5.68. The SMILES string of the molecule is CCCCCN[C@]1(OC)C(=O)N2C(C(=O)O)CS[C@H]21. The molecule has 3 atom stereocenters. The molecule has 108 valence electrons. The van der Waals surface area contributed by atoms with Gasteiger partial charge in [-0.2, -0.15) is 0 Å². The minimum atomic E-state index is -1.03. The standard InChI is InChI=1S/C12H20N2O4S/c1-3-4-5-6-13-12(18-2)10(17)14-8(9(15)16)7-19-11(12)14/h8,11,13H,3-7H2,1-2H3,(H,15,16)/t8?,11-,12-/m0/s1. The summed E-state index contributed by atoms with van der Waals surface area (Å²) < 4.78 is 5.39. The smallest absolute Gasteiger partial charge is 0.327 e. The van der Waals surface area contributed by atoms with Gasteiger partial charge < -0.3 is 14.7 Å². The van der Waals surface area contributed by atoms with Crippen molar-refractivity contribution in [1.82, 2.24) is 10.2 Å². The topological polar surface area (TPSA) is 78.9 Å². The van der Waals surface area contributed by atoms with Gasteiger partial charge in [0.25, 0.3) is 5.91 Å². The summed E-state index contributed by atoms with van der Waals surface area (Å²) >= 11 is 1.46. The van der Waals surface area contributed by atoms with Crippen LogP contribution in [0.4, 0.5) is 0 Å². The first-order chi connectivity index (χ1) is 9.08. The molecule has 0 bridgehead atoms. The van der Waals surface area contributed by atoms with Gasteiger partial charge in [-0.1, -0.05) is 19.8 Å². The summed E-state index contributed by atoms with van der Waals surface area (Å²) in [6, 6.07) is -0.719. The normalized spacial score (nSPS) is 33.2. The molecular weight excluding hydrogens is 268 g/mol. The average molecular weight is 288 g/mol. The maximum absolute atomic E-state index is 12.2. The molecule has 1 unspecified atom stereocenters. The molecule has 2 aliphatic rings. The Hall–Kier alpha value is -0.790. The third-order valence-electron chi connectivity index (χ3n) is 3.68. The number of nitrogens with zero attached hydrogens (tertiary/aromatic N) is 1. The Morgan fingerprint density at radius 1 is 1.63 bits per heavy atom. The zero-order valence-electron chi connectivity index (χ0n) is 11.2. The van der Waals surface area contributed by atoms with E-state index in [4.69, 9.17) is 9.84 Å². The van der Waals surface area contributed by atoms with Gasteiger partial charge in [-0.25, -0.2) is 4.79 Å². The van der Waals surface area contributed by atoms with Crippen molar-refractivity contribution in [3.63, 3.8) is 0 Å². The summed E-state index contributed by atoms with van der Waals surface area (Å²) in [5.41, 5.74) is -1.03. The zero-order chi connectivity index (χ0) is 14.0. The van der Waals surface area contributed by atoms with Crippen molar-refractivity contribution in [3.05, 3.63) is 0 Å². The highest BCUT2D eigenvalue weighted by molar-refractivity contribution is 8.00. The number of carboxylic acids is 1. The van der Waals surface area contributed by atoms with Crippen LogP contribution in [0.3, 0.4) is 0 Å². The van der Waals surface area contributed by atoms with E-state index in [9.17, 15) is 9.59 Å². The number of rotatable bonds is 7. The van der Waals surface area contributed by atoms with Gasteiger partial charge in [0.05, 0.1) is 0 Å². The van der Waals surface area contributed by atoms with Crippen molar-refractivity contribution in [1.29, 1.82) is 0 Å². The summed E-state index contributed by atoms with van der Waals surface area (Å²) in [5.74, 6) is -0.777. The van der Waals surface area contributed by atoms with Gasteiger partial charge in [-0.3, -0.25) is 10.1 Å². The van der Waals surface area contributed by atoms with E-state index < -0.39 is 17.7 Å². The second-order valence-electron chi connectivity index (χ2n) is 4.83. The average Bonchev–Trinajstić information content (AvgIpc) is 2.80. The predicted octanol–water partition coefficient (Wildman–Crippen LogP) is 0.477. The Kier molecular flexibility index (Phi) is 4.37. The van der Waals surface area contributed by atoms with Crippen LogP contribution in [0.25, 0.3) is 0 Å². The lowest BCUT2D eigenvalue weighted by Gasteiger charge is -2.52. The fourth-order valence-corrected chi connectivity index (χ4v) is 4.15. The lowest BCUT2D eigenvalue weighted by atomic mass is 9.99. The molecule has 2 rings (SSSR count). The van der Waals surface area contributed by atoms with E-state index in [0.717, 1.165) is 19.3 Å². The van der Waals surface area contributed by atoms with E-state index in [1.807, 2.05) is 0 Å². The Bertz CT molecular complexity index is 379. The Labute approximate surface area is 116 Å². The van der Waals surface area contributed by atoms with Crippen molar-refractivity contribution < 1.29 is 19.4 Å². The van der Waals surface area contributed by atoms with Crippen LogP contribution in [0.2, 0.25) is 0 Å². The number of aliphatic carboxylic acids is 1. The molecule has 7 heteroatoms.